The molecule has 0 aliphatic heterocycles. The lowest BCUT2D eigenvalue weighted by Gasteiger charge is -2.12. The van der Waals surface area contributed by atoms with E-state index >= 15 is 0 Å². The Morgan fingerprint density at radius 3 is 2.15 bits per heavy atom. The molecule has 0 saturated carbocycles. The minimum absolute atomic E-state index is 0.195. The van der Waals surface area contributed by atoms with Crippen molar-refractivity contribution in [2.75, 3.05) is 6.26 Å². The third-order valence-corrected chi connectivity index (χ3v) is 3.44. The quantitative estimate of drug-likeness (QED) is 0.713. The fourth-order valence-electron chi connectivity index (χ4n) is 1.79. The normalized spacial score (nSPS) is 11.4. The lowest BCUT2D eigenvalue weighted by atomic mass is 10.0. The molecular weight excluding hydrogens is 285 g/mol. The van der Waals surface area contributed by atoms with Gasteiger partial charge in [0.1, 0.15) is 5.75 Å². The molecule has 0 spiro atoms. The second-order valence-electron chi connectivity index (χ2n) is 4.31. The Hall–Kier alpha value is -1.62. The molecule has 0 saturated heterocycles. The van der Waals surface area contributed by atoms with Gasteiger partial charge in [-0.2, -0.15) is 0 Å². The molecule has 2 aromatic rings. The van der Waals surface area contributed by atoms with Crippen molar-refractivity contribution in [1.29, 1.82) is 0 Å². The highest BCUT2D eigenvalue weighted by molar-refractivity contribution is 7.98. The predicted molar refractivity (Wildman–Crippen MR) is 75.1 cm³/mol. The Labute approximate surface area is 119 Å². The summed E-state index contributed by atoms with van der Waals surface area (Å²) < 4.78 is 41.0. The van der Waals surface area contributed by atoms with Crippen LogP contribution in [0.5, 0.6) is 5.75 Å². The van der Waals surface area contributed by atoms with Gasteiger partial charge in [0.15, 0.2) is 0 Å². The van der Waals surface area contributed by atoms with Crippen LogP contribution in [0.15, 0.2) is 47.4 Å². The molecule has 5 heteroatoms. The van der Waals surface area contributed by atoms with Crippen LogP contribution < -0.4 is 4.74 Å². The molecule has 0 heterocycles. The minimum atomic E-state index is -4.68. The van der Waals surface area contributed by atoms with Crippen LogP contribution in [0.2, 0.25) is 0 Å². The van der Waals surface area contributed by atoms with Crippen molar-refractivity contribution < 1.29 is 17.9 Å². The molecule has 106 valence electrons. The number of halogens is 3. The number of ether oxygens (including phenoxy) is 1. The maximum absolute atomic E-state index is 12.3. The number of rotatable bonds is 3. The van der Waals surface area contributed by atoms with Gasteiger partial charge < -0.3 is 4.74 Å². The monoisotopic (exact) mass is 298 g/mol. The number of aryl methyl sites for hydroxylation is 1. The van der Waals surface area contributed by atoms with Crippen LogP contribution in [0.1, 0.15) is 5.56 Å². The Bertz CT molecular complexity index is 591. The predicted octanol–water partition coefficient (Wildman–Crippen LogP) is 5.28. The molecule has 0 aromatic heterocycles. The van der Waals surface area contributed by atoms with E-state index in [-0.39, 0.29) is 5.75 Å². The van der Waals surface area contributed by atoms with Crippen molar-refractivity contribution in [2.24, 2.45) is 0 Å². The molecule has 0 radical (unpaired) electrons. The highest BCUT2D eigenvalue weighted by atomic mass is 32.2. The zero-order valence-electron chi connectivity index (χ0n) is 11.0. The van der Waals surface area contributed by atoms with Crippen LogP contribution in [0.25, 0.3) is 11.1 Å². The lowest BCUT2D eigenvalue weighted by molar-refractivity contribution is -0.274. The van der Waals surface area contributed by atoms with Crippen LogP contribution in [-0.4, -0.2) is 12.6 Å². The Kier molecular flexibility index (Phi) is 4.28. The van der Waals surface area contributed by atoms with Crippen molar-refractivity contribution >= 4 is 11.8 Å². The number of benzene rings is 2. The molecule has 1 nitrogen and oxygen atoms in total. The van der Waals surface area contributed by atoms with Gasteiger partial charge in [0.2, 0.25) is 0 Å². The van der Waals surface area contributed by atoms with Gasteiger partial charge in [-0.3, -0.25) is 0 Å². The smallest absolute Gasteiger partial charge is 0.406 e. The molecule has 0 atom stereocenters. The van der Waals surface area contributed by atoms with Crippen molar-refractivity contribution in [3.8, 4) is 16.9 Å². The molecule has 0 fully saturated rings. The molecule has 0 bridgehead atoms. The van der Waals surface area contributed by atoms with Gasteiger partial charge in [-0.1, -0.05) is 29.8 Å². The van der Waals surface area contributed by atoms with Crippen molar-refractivity contribution in [2.45, 2.75) is 18.2 Å². The summed E-state index contributed by atoms with van der Waals surface area (Å²) in [6.07, 6.45) is -2.87. The minimum Gasteiger partial charge on any atom is -0.406 e. The largest absolute Gasteiger partial charge is 0.573 e. The third kappa shape index (κ3) is 3.93. The first-order valence-electron chi connectivity index (χ1n) is 5.89. The molecule has 2 rings (SSSR count). The van der Waals surface area contributed by atoms with E-state index in [1.54, 1.807) is 0 Å². The fourth-order valence-corrected chi connectivity index (χ4v) is 2.27. The second kappa shape index (κ2) is 5.79. The molecule has 0 amide bonds. The van der Waals surface area contributed by atoms with Crippen molar-refractivity contribution in [3.63, 3.8) is 0 Å². The maximum atomic E-state index is 12.3. The number of alkyl halides is 3. The number of hydrogen-bond donors (Lipinski definition) is 0. The van der Waals surface area contributed by atoms with Gasteiger partial charge in [-0.15, -0.1) is 24.9 Å². The Morgan fingerprint density at radius 2 is 1.60 bits per heavy atom. The number of thioether (sulfide) groups is 1. The summed E-state index contributed by atoms with van der Waals surface area (Å²) in [4.78, 5) is 0.724. The first-order chi connectivity index (χ1) is 9.37. The molecule has 2 aromatic carbocycles. The average molecular weight is 298 g/mol. The van der Waals surface area contributed by atoms with Gasteiger partial charge >= 0.3 is 6.36 Å². The van der Waals surface area contributed by atoms with Crippen LogP contribution in [0.4, 0.5) is 13.2 Å². The zero-order chi connectivity index (χ0) is 14.8. The van der Waals surface area contributed by atoms with Crippen LogP contribution in [-0.2, 0) is 0 Å². The Morgan fingerprint density at radius 1 is 0.950 bits per heavy atom. The molecule has 20 heavy (non-hydrogen) atoms. The summed E-state index contributed by atoms with van der Waals surface area (Å²) >= 11 is 1.37. The van der Waals surface area contributed by atoms with Gasteiger partial charge in [0, 0.05) is 4.90 Å². The summed E-state index contributed by atoms with van der Waals surface area (Å²) in [5, 5.41) is 0. The van der Waals surface area contributed by atoms with Crippen LogP contribution in [0.3, 0.4) is 0 Å². The first kappa shape index (κ1) is 14.8. The van der Waals surface area contributed by atoms with E-state index in [0.29, 0.717) is 5.56 Å². The standard InChI is InChI=1S/C15H13F3OS/c1-10-3-5-11(6-4-10)12-7-13(19-15(16,17)18)9-14(8-12)20-2/h3-9H,1-2H3. The topological polar surface area (TPSA) is 9.23 Å². The van der Waals surface area contributed by atoms with E-state index in [9.17, 15) is 13.2 Å². The van der Waals surface area contributed by atoms with Crippen LogP contribution in [0, 0.1) is 6.92 Å². The van der Waals surface area contributed by atoms with E-state index in [0.717, 1.165) is 16.0 Å². The van der Waals surface area contributed by atoms with E-state index in [1.807, 2.05) is 43.5 Å². The van der Waals surface area contributed by atoms with E-state index in [1.165, 1.54) is 23.9 Å². The lowest BCUT2D eigenvalue weighted by Crippen LogP contribution is -2.17. The summed E-state index contributed by atoms with van der Waals surface area (Å²) in [5.41, 5.74) is 2.66. The van der Waals surface area contributed by atoms with Gasteiger partial charge in [0.05, 0.1) is 0 Å². The molecule has 0 N–H and O–H groups in total. The average Bonchev–Trinajstić information content (AvgIpc) is 2.37. The highest BCUT2D eigenvalue weighted by Gasteiger charge is 2.31. The third-order valence-electron chi connectivity index (χ3n) is 2.73. The van der Waals surface area contributed by atoms with Gasteiger partial charge in [0.25, 0.3) is 0 Å². The summed E-state index contributed by atoms with van der Waals surface area (Å²) in [6.45, 7) is 1.96. The SMILES string of the molecule is CSc1cc(OC(F)(F)F)cc(-c2ccc(C)cc2)c1. The molecule has 0 unspecified atom stereocenters. The first-order valence-corrected chi connectivity index (χ1v) is 7.12. The second-order valence-corrected chi connectivity index (χ2v) is 5.19. The maximum Gasteiger partial charge on any atom is 0.573 e. The van der Waals surface area contributed by atoms with Gasteiger partial charge in [-0.05, 0) is 42.5 Å². The van der Waals surface area contributed by atoms with Crippen LogP contribution >= 0.6 is 11.8 Å². The zero-order valence-corrected chi connectivity index (χ0v) is 11.8. The summed E-state index contributed by atoms with van der Waals surface area (Å²) in [6, 6.07) is 12.2. The summed E-state index contributed by atoms with van der Waals surface area (Å²) in [7, 11) is 0. The Balaban J connectivity index is 2.42. The fraction of sp³-hybridized carbons (Fsp3) is 0.200. The number of hydrogen-bond acceptors (Lipinski definition) is 2. The summed E-state index contributed by atoms with van der Waals surface area (Å²) in [5.74, 6) is -0.195. The molecule has 0 aliphatic carbocycles. The highest BCUT2D eigenvalue weighted by Crippen LogP contribution is 2.32. The van der Waals surface area contributed by atoms with Gasteiger partial charge in [-0.25, -0.2) is 0 Å². The van der Waals surface area contributed by atoms with Crippen molar-refractivity contribution in [1.82, 2.24) is 0 Å². The molecular formula is C15H13F3OS. The molecule has 0 aliphatic rings. The van der Waals surface area contributed by atoms with E-state index in [4.69, 9.17) is 0 Å². The van der Waals surface area contributed by atoms with Crippen molar-refractivity contribution in [3.05, 3.63) is 48.0 Å². The van der Waals surface area contributed by atoms with E-state index < -0.39 is 6.36 Å². The van der Waals surface area contributed by atoms with E-state index in [2.05, 4.69) is 4.74 Å².